The van der Waals surface area contributed by atoms with E-state index in [1.165, 1.54) is 12.0 Å². The highest BCUT2D eigenvalue weighted by atomic mass is 16.7. The summed E-state index contributed by atoms with van der Waals surface area (Å²) in [7, 11) is 1.66. The number of hydroxylamine groups is 2. The molecule has 9 heteroatoms. The minimum absolute atomic E-state index is 0.118. The number of amides is 1. The first-order valence-electron chi connectivity index (χ1n) is 17.9. The van der Waals surface area contributed by atoms with Gasteiger partial charge in [-0.3, -0.25) is 14.9 Å². The first-order chi connectivity index (χ1) is 23.6. The molecular weight excluding hydrogens is 616 g/mol. The van der Waals surface area contributed by atoms with E-state index in [0.29, 0.717) is 48.5 Å². The average molecular weight is 671 g/mol. The number of carbonyl (C=O) groups is 1. The quantitative estimate of drug-likeness (QED) is 0.169. The summed E-state index contributed by atoms with van der Waals surface area (Å²) in [5.74, 6) is 2.30. The normalized spacial score (nSPS) is 28.1. The average Bonchev–Trinajstić information content (AvgIpc) is 3.46. The third kappa shape index (κ3) is 7.43. The van der Waals surface area contributed by atoms with E-state index >= 15 is 0 Å². The number of para-hydroxylation sites is 1. The molecule has 4 fully saturated rings. The molecule has 0 spiro atoms. The predicted octanol–water partition coefficient (Wildman–Crippen LogP) is 5.37. The number of nitrogens with one attached hydrogen (secondary N) is 2. The first-order valence-corrected chi connectivity index (χ1v) is 17.9. The second-order valence-electron chi connectivity index (χ2n) is 14.8. The Bertz CT molecular complexity index is 1570. The molecule has 1 amide bonds. The van der Waals surface area contributed by atoms with E-state index in [1.54, 1.807) is 19.1 Å². The second-order valence-corrected chi connectivity index (χ2v) is 14.8. The van der Waals surface area contributed by atoms with Crippen LogP contribution in [-0.2, 0) is 22.5 Å². The van der Waals surface area contributed by atoms with Crippen molar-refractivity contribution in [2.75, 3.05) is 26.9 Å². The zero-order valence-electron chi connectivity index (χ0n) is 29.6. The third-order valence-electron chi connectivity index (χ3n) is 11.7. The molecule has 1 aliphatic heterocycles. The van der Waals surface area contributed by atoms with Gasteiger partial charge in [0.05, 0.1) is 32.4 Å². The van der Waals surface area contributed by atoms with Gasteiger partial charge in [-0.2, -0.15) is 5.06 Å². The molecule has 3 aromatic carbocycles. The summed E-state index contributed by atoms with van der Waals surface area (Å²) in [6.07, 6.45) is 1.67. The molecule has 264 valence electrons. The lowest BCUT2D eigenvalue weighted by Gasteiger charge is -2.62. The molecule has 1 saturated heterocycles. The highest BCUT2D eigenvalue weighted by molar-refractivity contribution is 5.95. The molecule has 3 aromatic rings. The molecule has 7 rings (SSSR count). The molecular formula is C40H54N4O5. The van der Waals surface area contributed by atoms with Crippen LogP contribution in [0.5, 0.6) is 5.75 Å². The minimum atomic E-state index is -0.680. The number of nitrogens with two attached hydrogens (primary N) is 1. The number of hydrogen-bond acceptors (Lipinski definition) is 8. The molecule has 5 N–H and O–H groups in total. The molecule has 8 atom stereocenters. The van der Waals surface area contributed by atoms with Crippen molar-refractivity contribution in [3.8, 4) is 16.9 Å². The van der Waals surface area contributed by atoms with Crippen LogP contribution in [0.3, 0.4) is 0 Å². The van der Waals surface area contributed by atoms with Crippen LogP contribution in [0.2, 0.25) is 0 Å². The lowest BCUT2D eigenvalue weighted by molar-refractivity contribution is -0.223. The number of aliphatic hydroxyl groups excluding tert-OH is 1. The zero-order valence-corrected chi connectivity index (χ0v) is 29.6. The Morgan fingerprint density at radius 2 is 1.88 bits per heavy atom. The van der Waals surface area contributed by atoms with Gasteiger partial charge in [0, 0.05) is 35.8 Å². The monoisotopic (exact) mass is 670 g/mol. The first kappa shape index (κ1) is 35.5. The van der Waals surface area contributed by atoms with Gasteiger partial charge in [-0.25, -0.2) is 0 Å². The van der Waals surface area contributed by atoms with Crippen LogP contribution in [0.15, 0.2) is 72.8 Å². The maximum absolute atomic E-state index is 13.1. The highest BCUT2D eigenvalue weighted by Crippen LogP contribution is 2.61. The Morgan fingerprint density at radius 3 is 2.57 bits per heavy atom. The van der Waals surface area contributed by atoms with Gasteiger partial charge in [0.2, 0.25) is 0 Å². The van der Waals surface area contributed by atoms with Gasteiger partial charge in [0.1, 0.15) is 18.1 Å². The number of aliphatic hydroxyl groups is 1. The largest absolute Gasteiger partial charge is 0.496 e. The van der Waals surface area contributed by atoms with Crippen molar-refractivity contribution in [2.24, 2.45) is 34.8 Å². The third-order valence-corrected chi connectivity index (χ3v) is 11.7. The van der Waals surface area contributed by atoms with Crippen LogP contribution in [0, 0.1) is 29.1 Å². The number of benzene rings is 3. The number of rotatable bonds is 14. The molecule has 1 heterocycles. The lowest BCUT2D eigenvalue weighted by Crippen LogP contribution is -2.60. The van der Waals surface area contributed by atoms with E-state index in [9.17, 15) is 9.90 Å². The van der Waals surface area contributed by atoms with Gasteiger partial charge in [-0.1, -0.05) is 81.4 Å². The number of hydrogen-bond donors (Lipinski definition) is 4. The Hall–Kier alpha value is -3.31. The van der Waals surface area contributed by atoms with E-state index in [4.69, 9.17) is 20.0 Å². The van der Waals surface area contributed by atoms with Gasteiger partial charge in [-0.15, -0.1) is 0 Å². The van der Waals surface area contributed by atoms with Crippen molar-refractivity contribution in [1.82, 2.24) is 15.7 Å². The molecule has 4 aliphatic rings. The van der Waals surface area contributed by atoms with Crippen LogP contribution in [0.25, 0.3) is 11.1 Å². The summed E-state index contributed by atoms with van der Waals surface area (Å²) in [4.78, 5) is 19.5. The number of carbonyl (C=O) groups excluding carboxylic acids is 1. The molecule has 0 aromatic heterocycles. The van der Waals surface area contributed by atoms with Crippen molar-refractivity contribution in [3.63, 3.8) is 0 Å². The van der Waals surface area contributed by atoms with Gasteiger partial charge in [0.15, 0.2) is 0 Å². The Morgan fingerprint density at radius 1 is 1.10 bits per heavy atom. The molecule has 49 heavy (non-hydrogen) atoms. The fourth-order valence-electron chi connectivity index (χ4n) is 8.65. The van der Waals surface area contributed by atoms with Crippen molar-refractivity contribution in [1.29, 1.82) is 0 Å². The number of fused-ring (bicyclic) bond motifs is 2. The number of nitrogens with zero attached hydrogens (tertiary/aromatic N) is 1. The molecule has 3 saturated carbocycles. The topological polar surface area (TPSA) is 118 Å². The van der Waals surface area contributed by atoms with Crippen LogP contribution >= 0.6 is 0 Å². The summed E-state index contributed by atoms with van der Waals surface area (Å²) >= 11 is 0. The Balaban J connectivity index is 1.15. The SMILES string of the molecule is COc1c(CN2O[C@@H](CN)[C@@H]([C@H](C)O)[C@H]2OCN[C@H]2C[C@H]3C[C@@H]([C@@H]2C)C3(C)C)cccc1-c1cccc(C(=O)NCCc2ccccc2)c1. The van der Waals surface area contributed by atoms with Crippen molar-refractivity contribution in [3.05, 3.63) is 89.5 Å². The predicted molar refractivity (Wildman–Crippen MR) is 191 cm³/mol. The minimum Gasteiger partial charge on any atom is -0.496 e. The summed E-state index contributed by atoms with van der Waals surface area (Å²) in [6.45, 7) is 10.5. The van der Waals surface area contributed by atoms with E-state index in [0.717, 1.165) is 41.4 Å². The smallest absolute Gasteiger partial charge is 0.251 e. The number of methoxy groups -OCH3 is 1. The fraction of sp³-hybridized carbons (Fsp3) is 0.525. The van der Waals surface area contributed by atoms with E-state index in [1.807, 2.05) is 60.7 Å². The van der Waals surface area contributed by atoms with Gasteiger partial charge in [-0.05, 0) is 72.6 Å². The molecule has 0 radical (unpaired) electrons. The summed E-state index contributed by atoms with van der Waals surface area (Å²) in [5.41, 5.74) is 11.0. The van der Waals surface area contributed by atoms with Gasteiger partial charge >= 0.3 is 0 Å². The van der Waals surface area contributed by atoms with Crippen molar-refractivity contribution >= 4 is 5.91 Å². The van der Waals surface area contributed by atoms with Gasteiger partial charge < -0.3 is 25.6 Å². The second kappa shape index (κ2) is 15.3. The molecule has 9 nitrogen and oxygen atoms in total. The maximum atomic E-state index is 13.1. The fourth-order valence-corrected chi connectivity index (χ4v) is 8.65. The van der Waals surface area contributed by atoms with E-state index in [2.05, 4.69) is 43.5 Å². The molecule has 0 unspecified atom stereocenters. The van der Waals surface area contributed by atoms with Crippen LogP contribution in [-0.4, -0.2) is 67.5 Å². The van der Waals surface area contributed by atoms with E-state index in [-0.39, 0.29) is 18.4 Å². The summed E-state index contributed by atoms with van der Waals surface area (Å²) in [6, 6.07) is 24.1. The van der Waals surface area contributed by atoms with Crippen LogP contribution in [0.4, 0.5) is 0 Å². The molecule has 3 aliphatic carbocycles. The Labute approximate surface area is 291 Å². The standard InChI is InChI=1S/C40H54N4O5/c1-25-33-20-31(40(33,3)4)21-34(25)43-24-48-39-36(26(2)45)35(22-41)49-44(39)23-30-15-10-16-32(37(30)47-5)28-13-9-14-29(19-28)38(46)42-18-17-27-11-7-6-8-12-27/h6-16,19,25-26,31,33-36,39,43,45H,17-18,20-24,41H2,1-5H3,(H,42,46)/t25-,26-,31+,33-,34-,35-,36+,39+/m0/s1. The lowest BCUT2D eigenvalue weighted by atomic mass is 9.45. The zero-order chi connectivity index (χ0) is 34.7. The van der Waals surface area contributed by atoms with E-state index < -0.39 is 18.4 Å². The maximum Gasteiger partial charge on any atom is 0.251 e. The number of ether oxygens (including phenoxy) is 2. The van der Waals surface area contributed by atoms with Gasteiger partial charge in [0.25, 0.3) is 5.91 Å². The molecule has 2 bridgehead atoms. The van der Waals surface area contributed by atoms with Crippen molar-refractivity contribution < 1.29 is 24.2 Å². The van der Waals surface area contributed by atoms with Crippen molar-refractivity contribution in [2.45, 2.75) is 78.0 Å². The summed E-state index contributed by atoms with van der Waals surface area (Å²) < 4.78 is 12.5. The Kier molecular flexibility index (Phi) is 11.1. The van der Waals surface area contributed by atoms with Crippen LogP contribution < -0.4 is 21.1 Å². The highest BCUT2D eigenvalue weighted by Gasteiger charge is 2.56. The van der Waals surface area contributed by atoms with Crippen LogP contribution in [0.1, 0.15) is 62.0 Å². The summed E-state index contributed by atoms with van der Waals surface area (Å²) in [5, 5.41) is 19.4.